The Kier molecular flexibility index (Phi) is 7.67. The van der Waals surface area contributed by atoms with E-state index in [2.05, 4.69) is 17.3 Å². The zero-order valence-electron chi connectivity index (χ0n) is 16.9. The molecule has 156 valence electrons. The third kappa shape index (κ3) is 6.07. The smallest absolute Gasteiger partial charge is 0.338 e. The van der Waals surface area contributed by atoms with Gasteiger partial charge >= 0.3 is 5.97 Å². The van der Waals surface area contributed by atoms with Gasteiger partial charge in [-0.1, -0.05) is 32.6 Å². The molecule has 0 saturated heterocycles. The third-order valence-electron chi connectivity index (χ3n) is 5.05. The molecule has 1 aromatic heterocycles. The lowest BCUT2D eigenvalue weighted by molar-refractivity contribution is -0.119. The van der Waals surface area contributed by atoms with Crippen molar-refractivity contribution in [1.82, 2.24) is 9.78 Å². The summed E-state index contributed by atoms with van der Waals surface area (Å²) in [5, 5.41) is 7.10. The lowest BCUT2D eigenvalue weighted by atomic mass is 10.2. The van der Waals surface area contributed by atoms with Gasteiger partial charge in [0.05, 0.1) is 24.4 Å². The Hall–Kier alpha value is -2.83. The van der Waals surface area contributed by atoms with Crippen LogP contribution in [0.3, 0.4) is 0 Å². The molecule has 2 aromatic rings. The van der Waals surface area contributed by atoms with Crippen molar-refractivity contribution in [3.8, 4) is 5.75 Å². The molecule has 1 amide bonds. The molecule has 0 unspecified atom stereocenters. The number of rotatable bonds is 10. The number of esters is 1. The Morgan fingerprint density at radius 3 is 2.62 bits per heavy atom. The second-order valence-corrected chi connectivity index (χ2v) is 7.30. The zero-order chi connectivity index (χ0) is 20.5. The number of ether oxygens (including phenoxy) is 2. The van der Waals surface area contributed by atoms with E-state index in [0.717, 1.165) is 37.9 Å². The molecule has 0 atom stereocenters. The molecule has 1 aliphatic carbocycles. The fourth-order valence-corrected chi connectivity index (χ4v) is 3.48. The summed E-state index contributed by atoms with van der Waals surface area (Å²) in [7, 11) is 0. The number of hydrogen-bond acceptors (Lipinski definition) is 5. The normalized spacial score (nSPS) is 14.0. The van der Waals surface area contributed by atoms with Crippen molar-refractivity contribution in [1.29, 1.82) is 0 Å². The van der Waals surface area contributed by atoms with E-state index in [0.29, 0.717) is 24.0 Å². The van der Waals surface area contributed by atoms with Gasteiger partial charge in [-0.15, -0.1) is 0 Å². The fraction of sp³-hybridized carbons (Fsp3) is 0.500. The first kappa shape index (κ1) is 20.9. The van der Waals surface area contributed by atoms with Gasteiger partial charge in [0.15, 0.2) is 6.61 Å². The Morgan fingerprint density at radius 1 is 1.14 bits per heavy atom. The zero-order valence-corrected chi connectivity index (χ0v) is 16.9. The molecule has 0 spiro atoms. The highest BCUT2D eigenvalue weighted by atomic mass is 16.5. The molecule has 3 rings (SSSR count). The Labute approximate surface area is 171 Å². The summed E-state index contributed by atoms with van der Waals surface area (Å²) in [4.78, 5) is 24.4. The van der Waals surface area contributed by atoms with Crippen molar-refractivity contribution < 1.29 is 19.1 Å². The van der Waals surface area contributed by atoms with Gasteiger partial charge in [-0.05, 0) is 43.5 Å². The second-order valence-electron chi connectivity index (χ2n) is 7.30. The number of amides is 1. The summed E-state index contributed by atoms with van der Waals surface area (Å²) in [6.45, 7) is 2.46. The number of carbonyl (C=O) groups is 2. The number of aromatic nitrogens is 2. The van der Waals surface area contributed by atoms with Crippen LogP contribution in [0.25, 0.3) is 0 Å². The topological polar surface area (TPSA) is 82.4 Å². The molecule has 1 aliphatic rings. The van der Waals surface area contributed by atoms with Crippen LogP contribution in [0.4, 0.5) is 5.82 Å². The van der Waals surface area contributed by atoms with E-state index in [9.17, 15) is 9.59 Å². The SMILES string of the molecule is CCCCCOc1ccc(C(=O)OCC(=O)Nc2ccnn2C2CCCC2)cc1. The molecule has 1 N–H and O–H groups in total. The lowest BCUT2D eigenvalue weighted by Gasteiger charge is -2.14. The van der Waals surface area contributed by atoms with Crippen LogP contribution in [0.2, 0.25) is 0 Å². The average molecular weight is 399 g/mol. The Morgan fingerprint density at radius 2 is 1.90 bits per heavy atom. The van der Waals surface area contributed by atoms with Crippen molar-refractivity contribution in [2.75, 3.05) is 18.5 Å². The minimum absolute atomic E-state index is 0.325. The van der Waals surface area contributed by atoms with Crippen LogP contribution in [0.15, 0.2) is 36.5 Å². The van der Waals surface area contributed by atoms with Crippen molar-refractivity contribution in [2.24, 2.45) is 0 Å². The molecule has 1 heterocycles. The fourth-order valence-electron chi connectivity index (χ4n) is 3.48. The molecule has 1 aromatic carbocycles. The van der Waals surface area contributed by atoms with Gasteiger partial charge in [-0.3, -0.25) is 4.79 Å². The number of unbranched alkanes of at least 4 members (excludes halogenated alkanes) is 2. The van der Waals surface area contributed by atoms with E-state index < -0.39 is 5.97 Å². The molecule has 7 nitrogen and oxygen atoms in total. The Bertz CT molecular complexity index is 795. The summed E-state index contributed by atoms with van der Waals surface area (Å²) >= 11 is 0. The first-order valence-electron chi connectivity index (χ1n) is 10.4. The number of benzene rings is 1. The maximum atomic E-state index is 12.2. The van der Waals surface area contributed by atoms with E-state index in [-0.39, 0.29) is 12.5 Å². The van der Waals surface area contributed by atoms with E-state index >= 15 is 0 Å². The number of hydrogen-bond donors (Lipinski definition) is 1. The van der Waals surface area contributed by atoms with Crippen molar-refractivity contribution in [2.45, 2.75) is 57.9 Å². The van der Waals surface area contributed by atoms with Crippen LogP contribution in [0.1, 0.15) is 68.3 Å². The summed E-state index contributed by atoms with van der Waals surface area (Å²) in [5.41, 5.74) is 0.384. The molecular weight excluding hydrogens is 370 g/mol. The number of carbonyl (C=O) groups excluding carboxylic acids is 2. The number of nitrogens with one attached hydrogen (secondary N) is 1. The van der Waals surface area contributed by atoms with Crippen LogP contribution < -0.4 is 10.1 Å². The standard InChI is InChI=1S/C22H29N3O4/c1-2-3-6-15-28-19-11-9-17(10-12-19)22(27)29-16-21(26)24-20-13-14-23-25(20)18-7-4-5-8-18/h9-14,18H,2-8,15-16H2,1H3,(H,24,26). The first-order valence-corrected chi connectivity index (χ1v) is 10.4. The summed E-state index contributed by atoms with van der Waals surface area (Å²) in [5.74, 6) is 0.439. The van der Waals surface area contributed by atoms with Gasteiger partial charge in [-0.25, -0.2) is 9.48 Å². The van der Waals surface area contributed by atoms with Crippen LogP contribution in [-0.2, 0) is 9.53 Å². The highest BCUT2D eigenvalue weighted by Crippen LogP contribution is 2.31. The predicted molar refractivity (Wildman–Crippen MR) is 110 cm³/mol. The quantitative estimate of drug-likeness (QED) is 0.474. The van der Waals surface area contributed by atoms with Crippen LogP contribution in [-0.4, -0.2) is 34.9 Å². The highest BCUT2D eigenvalue weighted by Gasteiger charge is 2.20. The van der Waals surface area contributed by atoms with Crippen molar-refractivity contribution in [3.63, 3.8) is 0 Å². The van der Waals surface area contributed by atoms with Gasteiger partial charge < -0.3 is 14.8 Å². The summed E-state index contributed by atoms with van der Waals surface area (Å²) in [6.07, 6.45) is 9.45. The number of anilines is 1. The van der Waals surface area contributed by atoms with E-state index in [1.165, 1.54) is 12.8 Å². The average Bonchev–Trinajstić information content (AvgIpc) is 3.41. The second kappa shape index (κ2) is 10.6. The summed E-state index contributed by atoms with van der Waals surface area (Å²) in [6, 6.07) is 8.85. The molecule has 1 fully saturated rings. The third-order valence-corrected chi connectivity index (χ3v) is 5.05. The van der Waals surface area contributed by atoms with Gasteiger partial charge in [0, 0.05) is 6.07 Å². The van der Waals surface area contributed by atoms with E-state index in [1.54, 1.807) is 36.5 Å². The van der Waals surface area contributed by atoms with Crippen LogP contribution in [0, 0.1) is 0 Å². The van der Waals surface area contributed by atoms with Gasteiger partial charge in [0.2, 0.25) is 0 Å². The maximum Gasteiger partial charge on any atom is 0.338 e. The van der Waals surface area contributed by atoms with Crippen LogP contribution >= 0.6 is 0 Å². The lowest BCUT2D eigenvalue weighted by Crippen LogP contribution is -2.23. The van der Waals surface area contributed by atoms with Gasteiger partial charge in [0.25, 0.3) is 5.91 Å². The summed E-state index contributed by atoms with van der Waals surface area (Å²) < 4.78 is 12.6. The Balaban J connectivity index is 1.44. The maximum absolute atomic E-state index is 12.2. The number of nitrogens with zero attached hydrogens (tertiary/aromatic N) is 2. The van der Waals surface area contributed by atoms with E-state index in [4.69, 9.17) is 9.47 Å². The molecule has 7 heteroatoms. The van der Waals surface area contributed by atoms with E-state index in [1.807, 2.05) is 4.68 Å². The molecule has 0 aliphatic heterocycles. The minimum Gasteiger partial charge on any atom is -0.494 e. The molecule has 1 saturated carbocycles. The largest absolute Gasteiger partial charge is 0.494 e. The van der Waals surface area contributed by atoms with Gasteiger partial charge in [0.1, 0.15) is 11.6 Å². The molecule has 0 bridgehead atoms. The van der Waals surface area contributed by atoms with Gasteiger partial charge in [-0.2, -0.15) is 5.10 Å². The molecule has 0 radical (unpaired) electrons. The first-order chi connectivity index (χ1) is 14.2. The highest BCUT2D eigenvalue weighted by molar-refractivity contribution is 5.95. The monoisotopic (exact) mass is 399 g/mol. The minimum atomic E-state index is -0.540. The van der Waals surface area contributed by atoms with Crippen molar-refractivity contribution in [3.05, 3.63) is 42.1 Å². The van der Waals surface area contributed by atoms with Crippen molar-refractivity contribution >= 4 is 17.7 Å². The predicted octanol–water partition coefficient (Wildman–Crippen LogP) is 4.36. The molecule has 29 heavy (non-hydrogen) atoms. The van der Waals surface area contributed by atoms with Crippen LogP contribution in [0.5, 0.6) is 5.75 Å². The molecular formula is C22H29N3O4.